The highest BCUT2D eigenvalue weighted by molar-refractivity contribution is 6.45. The minimum Gasteiger partial charge on any atom is -0.253 e. The molecule has 2 rings (SSSR count). The van der Waals surface area contributed by atoms with Crippen molar-refractivity contribution in [2.75, 3.05) is 0 Å². The predicted molar refractivity (Wildman–Crippen MR) is 74.2 cm³/mol. The van der Waals surface area contributed by atoms with Gasteiger partial charge in [0.25, 0.3) is 0 Å². The van der Waals surface area contributed by atoms with Crippen molar-refractivity contribution >= 4 is 34.8 Å². The van der Waals surface area contributed by atoms with Crippen LogP contribution in [0, 0.1) is 13.8 Å². The molecule has 0 unspecified atom stereocenters. The van der Waals surface area contributed by atoms with Gasteiger partial charge in [-0.15, -0.1) is 0 Å². The van der Waals surface area contributed by atoms with Crippen LogP contribution in [0.4, 0.5) is 0 Å². The lowest BCUT2D eigenvalue weighted by molar-refractivity contribution is 1.18. The van der Waals surface area contributed by atoms with Crippen molar-refractivity contribution in [3.63, 3.8) is 0 Å². The van der Waals surface area contributed by atoms with Crippen LogP contribution in [0.15, 0.2) is 24.3 Å². The Labute approximate surface area is 115 Å². The lowest BCUT2D eigenvalue weighted by atomic mass is 10.1. The van der Waals surface area contributed by atoms with E-state index in [1.54, 1.807) is 12.1 Å². The van der Waals surface area contributed by atoms with Crippen LogP contribution in [-0.2, 0) is 0 Å². The van der Waals surface area contributed by atoms with Crippen LogP contribution in [0.1, 0.15) is 11.3 Å². The molecule has 0 radical (unpaired) electrons. The average Bonchev–Trinajstić information content (AvgIpc) is 2.22. The second-order valence-electron chi connectivity index (χ2n) is 3.92. The Morgan fingerprint density at radius 2 is 1.65 bits per heavy atom. The van der Waals surface area contributed by atoms with Crippen LogP contribution in [0.2, 0.25) is 15.1 Å². The number of aryl methyl sites for hydroxylation is 2. The minimum absolute atomic E-state index is 0.440. The highest BCUT2D eigenvalue weighted by Crippen LogP contribution is 2.35. The van der Waals surface area contributed by atoms with Crippen LogP contribution in [0.25, 0.3) is 11.3 Å². The fourth-order valence-electron chi connectivity index (χ4n) is 1.72. The predicted octanol–water partition coefficient (Wildman–Crippen LogP) is 5.33. The van der Waals surface area contributed by atoms with Gasteiger partial charge < -0.3 is 0 Å². The average molecular weight is 287 g/mol. The lowest BCUT2D eigenvalue weighted by Gasteiger charge is -2.08. The molecule has 2 aromatic rings. The molecule has 0 bridgehead atoms. The van der Waals surface area contributed by atoms with Gasteiger partial charge in [0.05, 0.1) is 15.7 Å². The smallest absolute Gasteiger partial charge is 0.0723 e. The van der Waals surface area contributed by atoms with Gasteiger partial charge in [-0.2, -0.15) is 0 Å². The first-order chi connectivity index (χ1) is 7.97. The molecule has 0 aliphatic carbocycles. The molecule has 88 valence electrons. The fraction of sp³-hybridized carbons (Fsp3) is 0.154. The molecular weight excluding hydrogens is 277 g/mol. The summed E-state index contributed by atoms with van der Waals surface area (Å²) in [5, 5.41) is 1.47. The standard InChI is InChI=1S/C13H10Cl3N/c1-7-3-8(2)17-12(4-7)10-5-9(14)6-11(15)13(10)16/h3-6H,1-2H3. The van der Waals surface area contributed by atoms with Gasteiger partial charge in [-0.25, -0.2) is 0 Å². The van der Waals surface area contributed by atoms with E-state index in [9.17, 15) is 0 Å². The molecule has 0 atom stereocenters. The summed E-state index contributed by atoms with van der Waals surface area (Å²) in [5.41, 5.74) is 3.61. The Balaban J connectivity index is 2.67. The molecule has 0 spiro atoms. The van der Waals surface area contributed by atoms with Gasteiger partial charge in [-0.3, -0.25) is 4.98 Å². The maximum Gasteiger partial charge on any atom is 0.0723 e. The second-order valence-corrected chi connectivity index (χ2v) is 5.14. The van der Waals surface area contributed by atoms with Crippen LogP contribution in [0.5, 0.6) is 0 Å². The van der Waals surface area contributed by atoms with Crippen molar-refractivity contribution in [3.05, 3.63) is 50.6 Å². The topological polar surface area (TPSA) is 12.9 Å². The summed E-state index contributed by atoms with van der Waals surface area (Å²) in [4.78, 5) is 4.45. The van der Waals surface area contributed by atoms with Crippen LogP contribution in [-0.4, -0.2) is 4.98 Å². The van der Waals surface area contributed by atoms with Crippen LogP contribution in [0.3, 0.4) is 0 Å². The van der Waals surface area contributed by atoms with Gasteiger partial charge in [0, 0.05) is 16.3 Å². The maximum absolute atomic E-state index is 6.17. The van der Waals surface area contributed by atoms with Gasteiger partial charge in [-0.05, 0) is 43.7 Å². The van der Waals surface area contributed by atoms with E-state index >= 15 is 0 Å². The normalized spacial score (nSPS) is 10.6. The monoisotopic (exact) mass is 285 g/mol. The third-order valence-corrected chi connectivity index (χ3v) is 3.39. The van der Waals surface area contributed by atoms with Crippen molar-refractivity contribution in [3.8, 4) is 11.3 Å². The summed E-state index contributed by atoms with van der Waals surface area (Å²) in [6.07, 6.45) is 0. The zero-order valence-electron chi connectivity index (χ0n) is 9.39. The first-order valence-corrected chi connectivity index (χ1v) is 6.21. The molecule has 17 heavy (non-hydrogen) atoms. The highest BCUT2D eigenvalue weighted by atomic mass is 35.5. The van der Waals surface area contributed by atoms with E-state index in [-0.39, 0.29) is 0 Å². The van der Waals surface area contributed by atoms with Crippen molar-refractivity contribution in [2.45, 2.75) is 13.8 Å². The summed E-state index contributed by atoms with van der Waals surface area (Å²) in [7, 11) is 0. The Morgan fingerprint density at radius 1 is 0.941 bits per heavy atom. The van der Waals surface area contributed by atoms with E-state index in [0.717, 1.165) is 22.5 Å². The summed E-state index contributed by atoms with van der Waals surface area (Å²) in [6, 6.07) is 7.36. The maximum atomic E-state index is 6.17. The number of benzene rings is 1. The molecule has 0 aliphatic heterocycles. The molecule has 0 saturated carbocycles. The molecule has 1 nitrogen and oxygen atoms in total. The second kappa shape index (κ2) is 4.85. The van der Waals surface area contributed by atoms with Gasteiger partial charge in [0.2, 0.25) is 0 Å². The van der Waals surface area contributed by atoms with E-state index in [1.165, 1.54) is 0 Å². The molecule has 0 amide bonds. The molecular formula is C13H10Cl3N. The van der Waals surface area contributed by atoms with E-state index < -0.39 is 0 Å². The number of halogens is 3. The Hall–Kier alpha value is -0.760. The van der Waals surface area contributed by atoms with Crippen LogP contribution >= 0.6 is 34.8 Å². The van der Waals surface area contributed by atoms with Crippen molar-refractivity contribution < 1.29 is 0 Å². The minimum atomic E-state index is 0.440. The van der Waals surface area contributed by atoms with E-state index in [4.69, 9.17) is 34.8 Å². The number of pyridine rings is 1. The third kappa shape index (κ3) is 2.74. The number of aromatic nitrogens is 1. The molecule has 0 saturated heterocycles. The quantitative estimate of drug-likeness (QED) is 0.646. The highest BCUT2D eigenvalue weighted by Gasteiger charge is 2.11. The SMILES string of the molecule is Cc1cc(C)nc(-c2cc(Cl)cc(Cl)c2Cl)c1. The molecule has 1 aromatic heterocycles. The molecule has 1 heterocycles. The van der Waals surface area contributed by atoms with Gasteiger partial charge >= 0.3 is 0 Å². The third-order valence-electron chi connectivity index (χ3n) is 2.37. The Kier molecular flexibility index (Phi) is 3.62. The first-order valence-electron chi connectivity index (χ1n) is 5.07. The molecule has 0 N–H and O–H groups in total. The van der Waals surface area contributed by atoms with Crippen molar-refractivity contribution in [1.82, 2.24) is 4.98 Å². The largest absolute Gasteiger partial charge is 0.253 e. The summed E-state index contributed by atoms with van der Waals surface area (Å²) in [5.74, 6) is 0. The van der Waals surface area contributed by atoms with Crippen molar-refractivity contribution in [2.24, 2.45) is 0 Å². The number of hydrogen-bond donors (Lipinski definition) is 0. The van der Waals surface area contributed by atoms with Crippen LogP contribution < -0.4 is 0 Å². The fourth-order valence-corrected chi connectivity index (χ4v) is 2.42. The first kappa shape index (κ1) is 12.7. The Morgan fingerprint density at radius 3 is 2.29 bits per heavy atom. The summed E-state index contributed by atoms with van der Waals surface area (Å²) < 4.78 is 0. The van der Waals surface area contributed by atoms with E-state index in [0.29, 0.717) is 15.1 Å². The molecule has 0 fully saturated rings. The van der Waals surface area contributed by atoms with Gasteiger partial charge in [0.1, 0.15) is 0 Å². The van der Waals surface area contributed by atoms with E-state index in [1.807, 2.05) is 26.0 Å². The van der Waals surface area contributed by atoms with Crippen molar-refractivity contribution in [1.29, 1.82) is 0 Å². The van der Waals surface area contributed by atoms with E-state index in [2.05, 4.69) is 4.98 Å². The van der Waals surface area contributed by atoms with Gasteiger partial charge in [0.15, 0.2) is 0 Å². The van der Waals surface area contributed by atoms with Gasteiger partial charge in [-0.1, -0.05) is 34.8 Å². The number of nitrogens with zero attached hydrogens (tertiary/aromatic N) is 1. The molecule has 4 heteroatoms. The summed E-state index contributed by atoms with van der Waals surface area (Å²) in [6.45, 7) is 3.95. The number of rotatable bonds is 1. The number of hydrogen-bond acceptors (Lipinski definition) is 1. The molecule has 1 aromatic carbocycles. The lowest BCUT2D eigenvalue weighted by Crippen LogP contribution is -1.90. The zero-order valence-corrected chi connectivity index (χ0v) is 11.7. The summed E-state index contributed by atoms with van der Waals surface area (Å²) >= 11 is 18.2. The Bertz CT molecular complexity index is 559. The zero-order chi connectivity index (χ0) is 12.6. The molecule has 0 aliphatic rings.